The van der Waals surface area contributed by atoms with Crippen molar-refractivity contribution in [1.82, 2.24) is 0 Å². The highest BCUT2D eigenvalue weighted by atomic mass is 16.5. The number of benzene rings is 1. The second kappa shape index (κ2) is 6.19. The summed E-state index contributed by atoms with van der Waals surface area (Å²) in [6.07, 6.45) is 0.753. The molecule has 0 bridgehead atoms. The third-order valence-corrected chi connectivity index (χ3v) is 2.32. The monoisotopic (exact) mass is 217 g/mol. The maximum atomic E-state index is 5.89. The molecule has 86 valence electrons. The van der Waals surface area contributed by atoms with Crippen molar-refractivity contribution in [3.05, 3.63) is 29.3 Å². The van der Waals surface area contributed by atoms with Crippen LogP contribution in [0, 0.1) is 18.8 Å². The lowest BCUT2D eigenvalue weighted by atomic mass is 10.1. The Labute approximate surface area is 97.8 Å². The van der Waals surface area contributed by atoms with E-state index in [9.17, 15) is 0 Å². The van der Waals surface area contributed by atoms with E-state index in [-0.39, 0.29) is 6.04 Å². The largest absolute Gasteiger partial charge is 0.492 e. The Morgan fingerprint density at radius 2 is 2.19 bits per heavy atom. The van der Waals surface area contributed by atoms with Gasteiger partial charge in [-0.2, -0.15) is 0 Å². The first-order chi connectivity index (χ1) is 7.65. The minimum Gasteiger partial charge on any atom is -0.492 e. The van der Waals surface area contributed by atoms with Crippen molar-refractivity contribution in [2.24, 2.45) is 5.73 Å². The van der Waals surface area contributed by atoms with Gasteiger partial charge in [0, 0.05) is 18.0 Å². The quantitative estimate of drug-likeness (QED) is 0.621. The van der Waals surface area contributed by atoms with Gasteiger partial charge in [0.15, 0.2) is 0 Å². The Morgan fingerprint density at radius 1 is 1.44 bits per heavy atom. The molecule has 0 aliphatic heterocycles. The van der Waals surface area contributed by atoms with Crippen LogP contribution in [0.5, 0.6) is 5.75 Å². The third kappa shape index (κ3) is 3.60. The molecule has 16 heavy (non-hydrogen) atoms. The fourth-order valence-corrected chi connectivity index (χ4v) is 1.48. The lowest BCUT2D eigenvalue weighted by Gasteiger charge is -2.14. The van der Waals surface area contributed by atoms with E-state index in [0.29, 0.717) is 6.61 Å². The van der Waals surface area contributed by atoms with E-state index < -0.39 is 0 Å². The maximum Gasteiger partial charge on any atom is 0.124 e. The molecule has 0 radical (unpaired) electrons. The zero-order valence-electron chi connectivity index (χ0n) is 10.2. The van der Waals surface area contributed by atoms with E-state index in [1.54, 1.807) is 0 Å². The standard InChI is InChI=1S/C14H19NO/c1-4-5-6-9-16-14-10-11(2)7-8-13(14)12(3)15/h7-8,10,12H,6,9,15H2,1-3H3. The Kier molecular flexibility index (Phi) is 4.88. The van der Waals surface area contributed by atoms with Crippen LogP contribution in [0.1, 0.15) is 37.4 Å². The summed E-state index contributed by atoms with van der Waals surface area (Å²) < 4.78 is 5.70. The topological polar surface area (TPSA) is 35.2 Å². The van der Waals surface area contributed by atoms with Crippen molar-refractivity contribution < 1.29 is 4.74 Å². The maximum absolute atomic E-state index is 5.89. The van der Waals surface area contributed by atoms with Crippen LogP contribution in [0.4, 0.5) is 0 Å². The first kappa shape index (κ1) is 12.6. The van der Waals surface area contributed by atoms with E-state index in [2.05, 4.69) is 17.9 Å². The molecule has 0 amide bonds. The third-order valence-electron chi connectivity index (χ3n) is 2.32. The smallest absolute Gasteiger partial charge is 0.124 e. The van der Waals surface area contributed by atoms with Crippen LogP contribution in [0.2, 0.25) is 0 Å². The molecule has 0 saturated heterocycles. The van der Waals surface area contributed by atoms with Crippen LogP contribution in [-0.2, 0) is 0 Å². The number of aryl methyl sites for hydroxylation is 1. The summed E-state index contributed by atoms with van der Waals surface area (Å²) in [6, 6.07) is 6.10. The molecular formula is C14H19NO. The molecule has 0 heterocycles. The van der Waals surface area contributed by atoms with Gasteiger partial charge in [-0.15, -0.1) is 11.8 Å². The van der Waals surface area contributed by atoms with Gasteiger partial charge in [0.2, 0.25) is 0 Å². The number of nitrogens with two attached hydrogens (primary N) is 1. The lowest BCUT2D eigenvalue weighted by molar-refractivity contribution is 0.322. The summed E-state index contributed by atoms with van der Waals surface area (Å²) in [5.74, 6) is 6.71. The predicted octanol–water partition coefficient (Wildman–Crippen LogP) is 2.81. The van der Waals surface area contributed by atoms with Crippen LogP contribution in [0.3, 0.4) is 0 Å². The fourth-order valence-electron chi connectivity index (χ4n) is 1.48. The predicted molar refractivity (Wildman–Crippen MR) is 67.3 cm³/mol. The van der Waals surface area contributed by atoms with Gasteiger partial charge in [0.1, 0.15) is 5.75 Å². The van der Waals surface area contributed by atoms with Gasteiger partial charge in [-0.3, -0.25) is 0 Å². The van der Waals surface area contributed by atoms with Gasteiger partial charge >= 0.3 is 0 Å². The SMILES string of the molecule is CC#CCCOc1cc(C)ccc1C(C)N. The summed E-state index contributed by atoms with van der Waals surface area (Å²) in [4.78, 5) is 0. The molecule has 2 N–H and O–H groups in total. The highest BCUT2D eigenvalue weighted by Crippen LogP contribution is 2.25. The highest BCUT2D eigenvalue weighted by Gasteiger charge is 2.07. The molecule has 1 aromatic rings. The molecule has 1 atom stereocenters. The van der Waals surface area contributed by atoms with E-state index in [4.69, 9.17) is 10.5 Å². The van der Waals surface area contributed by atoms with Crippen molar-refractivity contribution >= 4 is 0 Å². The summed E-state index contributed by atoms with van der Waals surface area (Å²) in [5.41, 5.74) is 8.12. The van der Waals surface area contributed by atoms with E-state index in [1.165, 1.54) is 5.56 Å². The van der Waals surface area contributed by atoms with Gasteiger partial charge in [-0.25, -0.2) is 0 Å². The van der Waals surface area contributed by atoms with Crippen LogP contribution in [0.15, 0.2) is 18.2 Å². The average Bonchev–Trinajstić information content (AvgIpc) is 2.24. The van der Waals surface area contributed by atoms with Crippen LogP contribution in [0.25, 0.3) is 0 Å². The number of hydrogen-bond acceptors (Lipinski definition) is 2. The molecule has 0 saturated carbocycles. The molecule has 0 aliphatic carbocycles. The zero-order valence-corrected chi connectivity index (χ0v) is 10.2. The van der Waals surface area contributed by atoms with Crippen LogP contribution in [-0.4, -0.2) is 6.61 Å². The van der Waals surface area contributed by atoms with Crippen LogP contribution < -0.4 is 10.5 Å². The normalized spacial score (nSPS) is 11.5. The molecule has 0 spiro atoms. The van der Waals surface area contributed by atoms with Crippen molar-refractivity contribution in [2.45, 2.75) is 33.2 Å². The average molecular weight is 217 g/mol. The summed E-state index contributed by atoms with van der Waals surface area (Å²) >= 11 is 0. The molecule has 1 aromatic carbocycles. The molecular weight excluding hydrogens is 198 g/mol. The van der Waals surface area contributed by atoms with E-state index in [0.717, 1.165) is 17.7 Å². The molecule has 1 unspecified atom stereocenters. The molecule has 0 aromatic heterocycles. The number of hydrogen-bond donors (Lipinski definition) is 1. The van der Waals surface area contributed by atoms with Crippen molar-refractivity contribution in [2.75, 3.05) is 6.61 Å². The first-order valence-corrected chi connectivity index (χ1v) is 5.53. The minimum absolute atomic E-state index is 0.00661. The fraction of sp³-hybridized carbons (Fsp3) is 0.429. The highest BCUT2D eigenvalue weighted by molar-refractivity contribution is 5.38. The van der Waals surface area contributed by atoms with Crippen molar-refractivity contribution in [1.29, 1.82) is 0 Å². The summed E-state index contributed by atoms with van der Waals surface area (Å²) in [5, 5.41) is 0. The van der Waals surface area contributed by atoms with Gasteiger partial charge in [-0.1, -0.05) is 12.1 Å². The van der Waals surface area contributed by atoms with Crippen molar-refractivity contribution in [3.8, 4) is 17.6 Å². The molecule has 2 nitrogen and oxygen atoms in total. The summed E-state index contributed by atoms with van der Waals surface area (Å²) in [7, 11) is 0. The molecule has 2 heteroatoms. The van der Waals surface area contributed by atoms with Crippen LogP contribution >= 0.6 is 0 Å². The molecule has 0 fully saturated rings. The zero-order chi connectivity index (χ0) is 12.0. The Balaban J connectivity index is 2.74. The van der Waals surface area contributed by atoms with E-state index >= 15 is 0 Å². The second-order valence-corrected chi connectivity index (χ2v) is 3.86. The molecule has 1 rings (SSSR count). The first-order valence-electron chi connectivity index (χ1n) is 5.53. The Morgan fingerprint density at radius 3 is 2.81 bits per heavy atom. The van der Waals surface area contributed by atoms with Gasteiger partial charge in [0.05, 0.1) is 6.61 Å². The van der Waals surface area contributed by atoms with Gasteiger partial charge in [-0.05, 0) is 32.4 Å². The number of ether oxygens (including phenoxy) is 1. The van der Waals surface area contributed by atoms with E-state index in [1.807, 2.05) is 32.9 Å². The van der Waals surface area contributed by atoms with Gasteiger partial charge in [0.25, 0.3) is 0 Å². The summed E-state index contributed by atoms with van der Waals surface area (Å²) in [6.45, 7) is 6.46. The Hall–Kier alpha value is -1.46. The molecule has 0 aliphatic rings. The minimum atomic E-state index is -0.00661. The van der Waals surface area contributed by atoms with Crippen molar-refractivity contribution in [3.63, 3.8) is 0 Å². The number of rotatable bonds is 4. The lowest BCUT2D eigenvalue weighted by Crippen LogP contribution is -2.08. The van der Waals surface area contributed by atoms with Gasteiger partial charge < -0.3 is 10.5 Å². The second-order valence-electron chi connectivity index (χ2n) is 3.86. The Bertz CT molecular complexity index is 399.